The first-order chi connectivity index (χ1) is 12.1. The van der Waals surface area contributed by atoms with Gasteiger partial charge >= 0.3 is 0 Å². The summed E-state index contributed by atoms with van der Waals surface area (Å²) in [6.45, 7) is 9.33. The van der Waals surface area contributed by atoms with Crippen LogP contribution in [0.25, 0.3) is 0 Å². The smallest absolute Gasteiger partial charge is 0.0180 e. The van der Waals surface area contributed by atoms with Crippen LogP contribution in [0.3, 0.4) is 0 Å². The normalized spacial score (nSPS) is 12.8. The largest absolute Gasteiger partial charge is 0.412 e. The Bertz CT molecular complexity index is 253. The predicted octanol–water partition coefficient (Wildman–Crippen LogP) is 7.58. The molecule has 0 fully saturated rings. The van der Waals surface area contributed by atoms with Gasteiger partial charge < -0.3 is 11.2 Å². The van der Waals surface area contributed by atoms with Crippen LogP contribution in [0.4, 0.5) is 0 Å². The van der Waals surface area contributed by atoms with E-state index in [0.717, 1.165) is 0 Å². The summed E-state index contributed by atoms with van der Waals surface area (Å²) >= 11 is 0. The Kier molecular flexibility index (Phi) is 21.3. The van der Waals surface area contributed by atoms with Crippen LogP contribution in [0.2, 0.25) is 0 Å². The summed E-state index contributed by atoms with van der Waals surface area (Å²) in [4.78, 5) is 0. The van der Waals surface area contributed by atoms with Crippen LogP contribution < -0.4 is 5.73 Å². The highest BCUT2D eigenvalue weighted by Gasteiger charge is 2.30. The number of hydrogen-bond acceptors (Lipinski definition) is 1. The van der Waals surface area contributed by atoms with Gasteiger partial charge in [0.2, 0.25) is 0 Å². The van der Waals surface area contributed by atoms with E-state index in [0.29, 0.717) is 5.92 Å². The molecule has 0 heterocycles. The fourth-order valence-electron chi connectivity index (χ4n) is 4.07. The number of hydrogen-bond donors (Lipinski definition) is 1. The van der Waals surface area contributed by atoms with Gasteiger partial charge in [-0.1, -0.05) is 124 Å². The van der Waals surface area contributed by atoms with E-state index in [1.54, 1.807) is 0 Å². The van der Waals surface area contributed by atoms with Crippen molar-refractivity contribution in [3.05, 3.63) is 0 Å². The second kappa shape index (κ2) is 19.7. The van der Waals surface area contributed by atoms with Crippen molar-refractivity contribution >= 4 is 0 Å². The Morgan fingerprint density at radius 3 is 1.31 bits per heavy atom. The first kappa shape index (κ1) is 28.1. The molecule has 26 heavy (non-hydrogen) atoms. The maximum Gasteiger partial charge on any atom is 0.0180 e. The zero-order chi connectivity index (χ0) is 18.8. The minimum Gasteiger partial charge on any atom is -0.412 e. The van der Waals surface area contributed by atoms with Gasteiger partial charge in [0, 0.05) is 5.54 Å². The highest BCUT2D eigenvalue weighted by molar-refractivity contribution is 4.89. The van der Waals surface area contributed by atoms with Crippen molar-refractivity contribution in [2.75, 3.05) is 0 Å². The highest BCUT2D eigenvalue weighted by atomic mass is 16.0. The zero-order valence-corrected chi connectivity index (χ0v) is 18.9. The van der Waals surface area contributed by atoms with Gasteiger partial charge in [-0.25, -0.2) is 0 Å². The topological polar surface area (TPSA) is 57.5 Å². The monoisotopic (exact) mass is 371 g/mol. The number of nitrogens with two attached hydrogens (primary N) is 1. The van der Waals surface area contributed by atoms with Gasteiger partial charge in [0.15, 0.2) is 0 Å². The van der Waals surface area contributed by atoms with Crippen LogP contribution in [0.1, 0.15) is 143 Å². The number of rotatable bonds is 19. The Morgan fingerprint density at radius 1 is 0.577 bits per heavy atom. The van der Waals surface area contributed by atoms with Gasteiger partial charge in [0.05, 0.1) is 0 Å². The van der Waals surface area contributed by atoms with Crippen molar-refractivity contribution in [1.82, 2.24) is 0 Å². The van der Waals surface area contributed by atoms with Gasteiger partial charge in [-0.05, 0) is 25.2 Å². The van der Waals surface area contributed by atoms with Gasteiger partial charge in [-0.15, -0.1) is 0 Å². The summed E-state index contributed by atoms with van der Waals surface area (Å²) in [6.07, 6.45) is 24.5. The van der Waals surface area contributed by atoms with E-state index in [1.807, 2.05) is 0 Å². The average molecular weight is 372 g/mol. The van der Waals surface area contributed by atoms with Crippen LogP contribution in [0.5, 0.6) is 0 Å². The molecule has 0 aromatic carbocycles. The molecule has 2 nitrogen and oxygen atoms in total. The van der Waals surface area contributed by atoms with Crippen molar-refractivity contribution in [1.29, 1.82) is 0 Å². The van der Waals surface area contributed by atoms with E-state index in [-0.39, 0.29) is 11.0 Å². The van der Waals surface area contributed by atoms with E-state index in [4.69, 9.17) is 5.73 Å². The van der Waals surface area contributed by atoms with Gasteiger partial charge in [-0.3, -0.25) is 0 Å². The molecule has 0 saturated heterocycles. The molecule has 0 amide bonds. The third-order valence-electron chi connectivity index (χ3n) is 6.21. The summed E-state index contributed by atoms with van der Waals surface area (Å²) in [6, 6.07) is 0. The van der Waals surface area contributed by atoms with E-state index in [1.165, 1.54) is 116 Å². The van der Waals surface area contributed by atoms with E-state index < -0.39 is 0 Å². The molecular formula is C24H53NO. The summed E-state index contributed by atoms with van der Waals surface area (Å²) in [5, 5.41) is 0. The quantitative estimate of drug-likeness (QED) is 0.234. The SMILES string of the molecule is CCCCCCCC(C)C(N)(CCCCCCC)CCCCCCC.O. The van der Waals surface area contributed by atoms with Crippen molar-refractivity contribution in [3.8, 4) is 0 Å². The van der Waals surface area contributed by atoms with Gasteiger partial charge in [-0.2, -0.15) is 0 Å². The minimum absolute atomic E-state index is 0. The molecule has 0 aliphatic carbocycles. The van der Waals surface area contributed by atoms with Gasteiger partial charge in [0.25, 0.3) is 0 Å². The number of unbranched alkanes of at least 4 members (excludes halogenated alkanes) is 12. The second-order valence-corrected chi connectivity index (χ2v) is 8.67. The Hall–Kier alpha value is -0.0800. The molecule has 2 heteroatoms. The van der Waals surface area contributed by atoms with Crippen molar-refractivity contribution < 1.29 is 5.48 Å². The third kappa shape index (κ3) is 15.0. The van der Waals surface area contributed by atoms with Crippen molar-refractivity contribution in [2.24, 2.45) is 11.7 Å². The van der Waals surface area contributed by atoms with Crippen molar-refractivity contribution in [2.45, 2.75) is 149 Å². The van der Waals surface area contributed by atoms with Crippen LogP contribution in [0.15, 0.2) is 0 Å². The van der Waals surface area contributed by atoms with Crippen LogP contribution in [-0.4, -0.2) is 11.0 Å². The standard InChI is InChI=1S/C24H51N.H2O/c1-5-8-11-14-17-20-23(4)24(25,21-18-15-12-9-6-2)22-19-16-13-10-7-3;/h23H,5-22,25H2,1-4H3;1H2. The molecule has 0 aliphatic heterocycles. The fourth-order valence-corrected chi connectivity index (χ4v) is 4.07. The summed E-state index contributed by atoms with van der Waals surface area (Å²) in [5.74, 6) is 0.687. The lowest BCUT2D eigenvalue weighted by Gasteiger charge is -2.36. The second-order valence-electron chi connectivity index (χ2n) is 8.67. The van der Waals surface area contributed by atoms with E-state index in [9.17, 15) is 0 Å². The molecule has 0 saturated carbocycles. The Labute approximate surface area is 166 Å². The molecule has 0 radical (unpaired) electrons. The summed E-state index contributed by atoms with van der Waals surface area (Å²) in [5.41, 5.74) is 7.11. The molecular weight excluding hydrogens is 318 g/mol. The van der Waals surface area contributed by atoms with E-state index >= 15 is 0 Å². The molecule has 1 unspecified atom stereocenters. The molecule has 4 N–H and O–H groups in total. The Morgan fingerprint density at radius 2 is 0.923 bits per heavy atom. The van der Waals surface area contributed by atoms with E-state index in [2.05, 4.69) is 27.7 Å². The van der Waals surface area contributed by atoms with Crippen LogP contribution in [-0.2, 0) is 0 Å². The van der Waals surface area contributed by atoms with Crippen LogP contribution >= 0.6 is 0 Å². The fraction of sp³-hybridized carbons (Fsp3) is 1.00. The molecule has 1 atom stereocenters. The maximum absolute atomic E-state index is 7.01. The molecule has 160 valence electrons. The minimum atomic E-state index is 0. The molecule has 0 aliphatic rings. The third-order valence-corrected chi connectivity index (χ3v) is 6.21. The molecule has 0 spiro atoms. The first-order valence-corrected chi connectivity index (χ1v) is 11.9. The highest BCUT2D eigenvalue weighted by Crippen LogP contribution is 2.31. The predicted molar refractivity (Wildman–Crippen MR) is 120 cm³/mol. The summed E-state index contributed by atoms with van der Waals surface area (Å²) in [7, 11) is 0. The summed E-state index contributed by atoms with van der Waals surface area (Å²) < 4.78 is 0. The lowest BCUT2D eigenvalue weighted by Crippen LogP contribution is -2.46. The Balaban J connectivity index is 0. The van der Waals surface area contributed by atoms with Crippen LogP contribution in [0, 0.1) is 5.92 Å². The molecule has 0 rings (SSSR count). The zero-order valence-electron chi connectivity index (χ0n) is 18.9. The maximum atomic E-state index is 7.01. The van der Waals surface area contributed by atoms with Gasteiger partial charge in [0.1, 0.15) is 0 Å². The molecule has 0 aromatic heterocycles. The average Bonchev–Trinajstić information content (AvgIpc) is 2.61. The lowest BCUT2D eigenvalue weighted by atomic mass is 9.75. The van der Waals surface area contributed by atoms with Crippen molar-refractivity contribution in [3.63, 3.8) is 0 Å². The molecule has 0 bridgehead atoms. The lowest BCUT2D eigenvalue weighted by molar-refractivity contribution is 0.220. The first-order valence-electron chi connectivity index (χ1n) is 11.9. The molecule has 0 aromatic rings.